The van der Waals surface area contributed by atoms with Gasteiger partial charge in [0.25, 0.3) is 0 Å². The fraction of sp³-hybridized carbons (Fsp3) is 0.500. The third-order valence-electron chi connectivity index (χ3n) is 4.38. The molecule has 2 atom stereocenters. The molecule has 0 radical (unpaired) electrons. The molecule has 0 bridgehead atoms. The van der Waals surface area contributed by atoms with Crippen molar-refractivity contribution in [3.8, 4) is 0 Å². The lowest BCUT2D eigenvalue weighted by Gasteiger charge is -2.26. The normalized spacial score (nSPS) is 30.1. The van der Waals surface area contributed by atoms with Crippen molar-refractivity contribution in [1.29, 1.82) is 0 Å². The lowest BCUT2D eigenvalue weighted by atomic mass is 9.77. The predicted molar refractivity (Wildman–Crippen MR) is 64.8 cm³/mol. The lowest BCUT2D eigenvalue weighted by molar-refractivity contribution is -0.142. The summed E-state index contributed by atoms with van der Waals surface area (Å²) in [6.45, 7) is 1.46. The van der Waals surface area contributed by atoms with E-state index < -0.39 is 5.97 Å². The van der Waals surface area contributed by atoms with Crippen molar-refractivity contribution < 1.29 is 9.90 Å². The average Bonchev–Trinajstić information content (AvgIpc) is 3.00. The molecular weight excluding hydrogens is 214 g/mol. The molecule has 2 aliphatic rings. The van der Waals surface area contributed by atoms with E-state index in [1.54, 1.807) is 0 Å². The highest BCUT2D eigenvalue weighted by Gasteiger charge is 2.55. The summed E-state index contributed by atoms with van der Waals surface area (Å²) in [6.07, 6.45) is 2.26. The topological polar surface area (TPSA) is 49.3 Å². The van der Waals surface area contributed by atoms with Crippen molar-refractivity contribution in [1.82, 2.24) is 5.32 Å². The molecule has 1 saturated carbocycles. The molecule has 1 aromatic carbocycles. The van der Waals surface area contributed by atoms with Crippen LogP contribution in [0, 0.1) is 11.8 Å². The van der Waals surface area contributed by atoms with Gasteiger partial charge in [0.1, 0.15) is 0 Å². The van der Waals surface area contributed by atoms with E-state index in [4.69, 9.17) is 0 Å². The van der Waals surface area contributed by atoms with Gasteiger partial charge in [-0.25, -0.2) is 0 Å². The molecular formula is C14H17NO2. The standard InChI is InChI=1S/C14H17NO2/c16-13(17)11-8-15-9-12(11)14(6-7-14)10-4-2-1-3-5-10/h1-5,11-12,15H,6-9H2,(H,16,17). The van der Waals surface area contributed by atoms with Gasteiger partial charge in [0.15, 0.2) is 0 Å². The van der Waals surface area contributed by atoms with Gasteiger partial charge >= 0.3 is 5.97 Å². The molecule has 1 saturated heterocycles. The Hall–Kier alpha value is -1.35. The summed E-state index contributed by atoms with van der Waals surface area (Å²) < 4.78 is 0. The average molecular weight is 231 g/mol. The molecule has 1 aromatic rings. The molecule has 0 aromatic heterocycles. The first-order chi connectivity index (χ1) is 8.24. The Labute approximate surface area is 101 Å². The number of rotatable bonds is 3. The molecule has 2 N–H and O–H groups in total. The highest BCUT2D eigenvalue weighted by Crippen LogP contribution is 2.56. The largest absolute Gasteiger partial charge is 0.481 e. The van der Waals surface area contributed by atoms with E-state index in [1.807, 2.05) is 18.2 Å². The Kier molecular flexibility index (Phi) is 2.44. The van der Waals surface area contributed by atoms with Gasteiger partial charge in [-0.15, -0.1) is 0 Å². The number of hydrogen-bond acceptors (Lipinski definition) is 2. The second kappa shape index (κ2) is 3.84. The monoisotopic (exact) mass is 231 g/mol. The van der Waals surface area contributed by atoms with Gasteiger partial charge < -0.3 is 10.4 Å². The number of carboxylic acids is 1. The van der Waals surface area contributed by atoms with Crippen molar-refractivity contribution in [3.05, 3.63) is 35.9 Å². The van der Waals surface area contributed by atoms with Crippen molar-refractivity contribution in [3.63, 3.8) is 0 Å². The van der Waals surface area contributed by atoms with Crippen LogP contribution in [0.25, 0.3) is 0 Å². The summed E-state index contributed by atoms with van der Waals surface area (Å²) in [4.78, 5) is 11.3. The first kappa shape index (κ1) is 10.8. The Morgan fingerprint density at radius 2 is 1.94 bits per heavy atom. The molecule has 1 heterocycles. The van der Waals surface area contributed by atoms with Crippen LogP contribution in [-0.4, -0.2) is 24.2 Å². The van der Waals surface area contributed by atoms with Gasteiger partial charge in [0, 0.05) is 12.0 Å². The maximum Gasteiger partial charge on any atom is 0.308 e. The second-order valence-electron chi connectivity index (χ2n) is 5.23. The first-order valence-corrected chi connectivity index (χ1v) is 6.23. The van der Waals surface area contributed by atoms with Crippen LogP contribution in [0.4, 0.5) is 0 Å². The third kappa shape index (κ3) is 1.65. The summed E-state index contributed by atoms with van der Waals surface area (Å²) in [5, 5.41) is 12.5. The van der Waals surface area contributed by atoms with Crippen molar-refractivity contribution in [2.75, 3.05) is 13.1 Å². The van der Waals surface area contributed by atoms with Crippen LogP contribution >= 0.6 is 0 Å². The Morgan fingerprint density at radius 3 is 2.53 bits per heavy atom. The number of carboxylic acid groups (broad SMARTS) is 1. The molecule has 1 aliphatic heterocycles. The number of nitrogens with one attached hydrogen (secondary N) is 1. The second-order valence-corrected chi connectivity index (χ2v) is 5.23. The van der Waals surface area contributed by atoms with E-state index in [2.05, 4.69) is 17.4 Å². The molecule has 2 unspecified atom stereocenters. The lowest BCUT2D eigenvalue weighted by Crippen LogP contribution is -2.31. The summed E-state index contributed by atoms with van der Waals surface area (Å²) >= 11 is 0. The van der Waals surface area contributed by atoms with E-state index in [0.717, 1.165) is 19.4 Å². The SMILES string of the molecule is O=C(O)C1CNCC1C1(c2ccccc2)CC1. The van der Waals surface area contributed by atoms with Crippen LogP contribution in [-0.2, 0) is 10.2 Å². The highest BCUT2D eigenvalue weighted by molar-refractivity contribution is 5.71. The zero-order valence-electron chi connectivity index (χ0n) is 9.73. The van der Waals surface area contributed by atoms with E-state index in [1.165, 1.54) is 5.56 Å². The van der Waals surface area contributed by atoms with Crippen LogP contribution in [0.2, 0.25) is 0 Å². The Morgan fingerprint density at radius 1 is 1.24 bits per heavy atom. The molecule has 90 valence electrons. The van der Waals surface area contributed by atoms with Crippen molar-refractivity contribution >= 4 is 5.97 Å². The molecule has 3 nitrogen and oxygen atoms in total. The number of benzene rings is 1. The Balaban J connectivity index is 1.91. The quantitative estimate of drug-likeness (QED) is 0.831. The minimum atomic E-state index is -0.651. The van der Waals surface area contributed by atoms with Gasteiger partial charge in [-0.3, -0.25) is 4.79 Å². The van der Waals surface area contributed by atoms with Gasteiger partial charge in [0.05, 0.1) is 5.92 Å². The van der Waals surface area contributed by atoms with Crippen molar-refractivity contribution in [2.45, 2.75) is 18.3 Å². The summed E-state index contributed by atoms with van der Waals surface area (Å²) in [5.74, 6) is -0.623. The van der Waals surface area contributed by atoms with Crippen LogP contribution in [0.3, 0.4) is 0 Å². The molecule has 1 aliphatic carbocycles. The fourth-order valence-electron chi connectivity index (χ4n) is 3.30. The third-order valence-corrected chi connectivity index (χ3v) is 4.38. The predicted octanol–water partition coefficient (Wildman–Crippen LogP) is 1.64. The molecule has 17 heavy (non-hydrogen) atoms. The van der Waals surface area contributed by atoms with Crippen LogP contribution in [0.5, 0.6) is 0 Å². The number of aliphatic carboxylic acids is 1. The van der Waals surface area contributed by atoms with Crippen LogP contribution in [0.1, 0.15) is 18.4 Å². The molecule has 3 heteroatoms. The first-order valence-electron chi connectivity index (χ1n) is 6.23. The van der Waals surface area contributed by atoms with Gasteiger partial charge in [0.2, 0.25) is 0 Å². The van der Waals surface area contributed by atoms with E-state index in [-0.39, 0.29) is 17.3 Å². The molecule has 3 rings (SSSR count). The summed E-state index contributed by atoms with van der Waals surface area (Å²) in [5.41, 5.74) is 1.45. The van der Waals surface area contributed by atoms with Gasteiger partial charge in [-0.1, -0.05) is 30.3 Å². The van der Waals surface area contributed by atoms with Crippen molar-refractivity contribution in [2.24, 2.45) is 11.8 Å². The number of carbonyl (C=O) groups is 1. The van der Waals surface area contributed by atoms with E-state index in [9.17, 15) is 9.90 Å². The fourth-order valence-corrected chi connectivity index (χ4v) is 3.30. The molecule has 2 fully saturated rings. The van der Waals surface area contributed by atoms with Crippen LogP contribution < -0.4 is 5.32 Å². The van der Waals surface area contributed by atoms with Gasteiger partial charge in [-0.05, 0) is 30.9 Å². The zero-order chi connectivity index (χ0) is 11.9. The number of hydrogen-bond donors (Lipinski definition) is 2. The highest BCUT2D eigenvalue weighted by atomic mass is 16.4. The molecule has 0 spiro atoms. The minimum absolute atomic E-state index is 0.133. The van der Waals surface area contributed by atoms with Crippen LogP contribution in [0.15, 0.2) is 30.3 Å². The maximum absolute atomic E-state index is 11.3. The van der Waals surface area contributed by atoms with E-state index in [0.29, 0.717) is 6.54 Å². The van der Waals surface area contributed by atoms with E-state index >= 15 is 0 Å². The Bertz CT molecular complexity index is 425. The van der Waals surface area contributed by atoms with Gasteiger partial charge in [-0.2, -0.15) is 0 Å². The summed E-state index contributed by atoms with van der Waals surface area (Å²) in [6, 6.07) is 10.4. The molecule has 0 amide bonds. The summed E-state index contributed by atoms with van der Waals surface area (Å²) in [7, 11) is 0. The smallest absolute Gasteiger partial charge is 0.308 e. The zero-order valence-corrected chi connectivity index (χ0v) is 9.73. The minimum Gasteiger partial charge on any atom is -0.481 e. The maximum atomic E-state index is 11.3.